The van der Waals surface area contributed by atoms with E-state index in [0.717, 1.165) is 16.5 Å². The molecular weight excluding hydrogens is 228 g/mol. The molecule has 0 radical (unpaired) electrons. The second-order valence-corrected chi connectivity index (χ2v) is 4.44. The number of nitrogens with one attached hydrogen (secondary N) is 2. The Kier molecular flexibility index (Phi) is 3.32. The fraction of sp³-hybridized carbons (Fsp3) is 0.231. The van der Waals surface area contributed by atoms with Gasteiger partial charge in [0.25, 0.3) is 5.91 Å². The van der Waals surface area contributed by atoms with Gasteiger partial charge in [-0.1, -0.05) is 12.1 Å². The molecule has 0 unspecified atom stereocenters. The molecule has 5 heteroatoms. The van der Waals surface area contributed by atoms with Crippen LogP contribution in [0.2, 0.25) is 0 Å². The molecule has 0 aliphatic carbocycles. The van der Waals surface area contributed by atoms with Crippen LogP contribution < -0.4 is 11.1 Å². The number of amides is 1. The van der Waals surface area contributed by atoms with E-state index in [4.69, 9.17) is 5.73 Å². The van der Waals surface area contributed by atoms with Crippen LogP contribution in [0, 0.1) is 0 Å². The van der Waals surface area contributed by atoms with Crippen LogP contribution in [0.15, 0.2) is 30.1 Å². The third-order valence-electron chi connectivity index (χ3n) is 2.47. The van der Waals surface area contributed by atoms with Gasteiger partial charge < -0.3 is 11.1 Å². The Balaban J connectivity index is 2.23. The number of nitrogens with two attached hydrogens (primary N) is 1. The summed E-state index contributed by atoms with van der Waals surface area (Å²) in [5.74, 6) is -0.255. The lowest BCUT2D eigenvalue weighted by atomic mass is 10.1. The maximum Gasteiger partial charge on any atom is 0.267 e. The van der Waals surface area contributed by atoms with E-state index in [2.05, 4.69) is 15.5 Å². The number of nitrogens with zero attached hydrogens (tertiary/aromatic N) is 1. The summed E-state index contributed by atoms with van der Waals surface area (Å²) in [4.78, 5) is 11.6. The largest absolute Gasteiger partial charge is 0.394 e. The molecule has 0 atom stereocenters. The van der Waals surface area contributed by atoms with Gasteiger partial charge in [0.1, 0.15) is 0 Å². The molecule has 1 amide bonds. The topological polar surface area (TPSA) is 83.8 Å². The molecule has 2 rings (SSSR count). The molecule has 1 aromatic heterocycles. The normalized spacial score (nSPS) is 12.1. The van der Waals surface area contributed by atoms with Gasteiger partial charge in [0, 0.05) is 11.4 Å². The molecule has 5 nitrogen and oxygen atoms in total. The highest BCUT2D eigenvalue weighted by molar-refractivity contribution is 5.97. The van der Waals surface area contributed by atoms with Gasteiger partial charge in [-0.25, -0.2) is 0 Å². The summed E-state index contributed by atoms with van der Waals surface area (Å²) in [5.41, 5.74) is 7.72. The number of rotatable bonds is 3. The van der Waals surface area contributed by atoms with Crippen molar-refractivity contribution in [2.24, 2.45) is 5.73 Å². The minimum atomic E-state index is -0.255. The summed E-state index contributed by atoms with van der Waals surface area (Å²) in [6, 6.07) is 5.79. The van der Waals surface area contributed by atoms with Crippen LogP contribution in [-0.4, -0.2) is 22.1 Å². The smallest absolute Gasteiger partial charge is 0.267 e. The molecule has 0 saturated heterocycles. The molecular formula is C13H16N4O. The number of H-pyrrole nitrogens is 1. The van der Waals surface area contributed by atoms with E-state index in [9.17, 15) is 4.79 Å². The Bertz CT molecular complexity index is 598. The molecule has 1 aromatic carbocycles. The first-order chi connectivity index (χ1) is 8.56. The van der Waals surface area contributed by atoms with Crippen LogP contribution in [0.4, 0.5) is 0 Å². The predicted octanol–water partition coefficient (Wildman–Crippen LogP) is 1.39. The molecule has 0 saturated carbocycles. The van der Waals surface area contributed by atoms with Gasteiger partial charge in [0.05, 0.1) is 17.4 Å². The molecule has 2 aromatic rings. The van der Waals surface area contributed by atoms with E-state index < -0.39 is 0 Å². The fourth-order valence-electron chi connectivity index (χ4n) is 1.64. The lowest BCUT2D eigenvalue weighted by molar-refractivity contribution is -0.117. The highest BCUT2D eigenvalue weighted by Crippen LogP contribution is 2.14. The van der Waals surface area contributed by atoms with E-state index >= 15 is 0 Å². The van der Waals surface area contributed by atoms with Crippen molar-refractivity contribution in [1.29, 1.82) is 0 Å². The van der Waals surface area contributed by atoms with E-state index in [1.807, 2.05) is 32.0 Å². The van der Waals surface area contributed by atoms with Gasteiger partial charge in [-0.3, -0.25) is 9.89 Å². The van der Waals surface area contributed by atoms with Crippen molar-refractivity contribution in [3.05, 3.63) is 35.7 Å². The number of hydrogen-bond donors (Lipinski definition) is 3. The van der Waals surface area contributed by atoms with Crippen molar-refractivity contribution in [2.75, 3.05) is 0 Å². The number of aromatic nitrogens is 2. The van der Waals surface area contributed by atoms with E-state index in [1.165, 1.54) is 0 Å². The molecule has 0 spiro atoms. The van der Waals surface area contributed by atoms with Crippen molar-refractivity contribution < 1.29 is 4.79 Å². The summed E-state index contributed by atoms with van der Waals surface area (Å²) in [7, 11) is 0. The lowest BCUT2D eigenvalue weighted by Gasteiger charge is -2.08. The van der Waals surface area contributed by atoms with Crippen LogP contribution in [-0.2, 0) is 4.79 Å². The summed E-state index contributed by atoms with van der Waals surface area (Å²) < 4.78 is 0. The SMILES string of the molecule is CC(C)NC(=O)/C(N)=C/c1ccc2cn[nH]c2c1. The molecule has 0 bridgehead atoms. The molecule has 0 aliphatic rings. The maximum absolute atomic E-state index is 11.6. The van der Waals surface area contributed by atoms with Crippen molar-refractivity contribution in [3.63, 3.8) is 0 Å². The number of fused-ring (bicyclic) bond motifs is 1. The van der Waals surface area contributed by atoms with Crippen LogP contribution >= 0.6 is 0 Å². The Morgan fingerprint density at radius 3 is 3.00 bits per heavy atom. The highest BCUT2D eigenvalue weighted by Gasteiger charge is 2.06. The summed E-state index contributed by atoms with van der Waals surface area (Å²) >= 11 is 0. The zero-order valence-corrected chi connectivity index (χ0v) is 10.4. The monoisotopic (exact) mass is 244 g/mol. The first-order valence-electron chi connectivity index (χ1n) is 5.77. The first-order valence-corrected chi connectivity index (χ1v) is 5.77. The third kappa shape index (κ3) is 2.68. The van der Waals surface area contributed by atoms with Crippen LogP contribution in [0.5, 0.6) is 0 Å². The Labute approximate surface area is 105 Å². The van der Waals surface area contributed by atoms with Crippen molar-refractivity contribution >= 4 is 22.9 Å². The van der Waals surface area contributed by atoms with Gasteiger partial charge in [-0.2, -0.15) is 5.10 Å². The summed E-state index contributed by atoms with van der Waals surface area (Å²) in [6.45, 7) is 3.78. The van der Waals surface area contributed by atoms with Gasteiger partial charge in [-0.05, 0) is 31.6 Å². The highest BCUT2D eigenvalue weighted by atomic mass is 16.2. The second kappa shape index (κ2) is 4.91. The first kappa shape index (κ1) is 12.2. The van der Waals surface area contributed by atoms with E-state index in [1.54, 1.807) is 12.3 Å². The third-order valence-corrected chi connectivity index (χ3v) is 2.47. The molecule has 1 heterocycles. The van der Waals surface area contributed by atoms with Crippen molar-refractivity contribution in [3.8, 4) is 0 Å². The zero-order valence-electron chi connectivity index (χ0n) is 10.4. The minimum absolute atomic E-state index is 0.0690. The standard InChI is InChI=1S/C13H16N4O/c1-8(2)16-13(18)11(14)5-9-3-4-10-7-15-17-12(10)6-9/h3-8H,14H2,1-2H3,(H,15,17)(H,16,18)/b11-5-. The number of carbonyl (C=O) groups excluding carboxylic acids is 1. The van der Waals surface area contributed by atoms with E-state index in [-0.39, 0.29) is 17.6 Å². The number of hydrogen-bond acceptors (Lipinski definition) is 3. The second-order valence-electron chi connectivity index (χ2n) is 4.44. The quantitative estimate of drug-likeness (QED) is 0.713. The van der Waals surface area contributed by atoms with E-state index in [0.29, 0.717) is 0 Å². The van der Waals surface area contributed by atoms with Gasteiger partial charge >= 0.3 is 0 Å². The maximum atomic E-state index is 11.6. The van der Waals surface area contributed by atoms with Crippen LogP contribution in [0.1, 0.15) is 19.4 Å². The minimum Gasteiger partial charge on any atom is -0.394 e. The van der Waals surface area contributed by atoms with Gasteiger partial charge in [0.2, 0.25) is 0 Å². The molecule has 0 aliphatic heterocycles. The zero-order chi connectivity index (χ0) is 13.1. The summed E-state index contributed by atoms with van der Waals surface area (Å²) in [6.07, 6.45) is 3.40. The Hall–Kier alpha value is -2.30. The van der Waals surface area contributed by atoms with Crippen LogP contribution in [0.25, 0.3) is 17.0 Å². The Morgan fingerprint density at radius 1 is 1.50 bits per heavy atom. The molecule has 4 N–H and O–H groups in total. The average Bonchev–Trinajstić information content (AvgIpc) is 2.75. The Morgan fingerprint density at radius 2 is 2.28 bits per heavy atom. The average molecular weight is 244 g/mol. The number of carbonyl (C=O) groups is 1. The molecule has 94 valence electrons. The summed E-state index contributed by atoms with van der Waals surface area (Å²) in [5, 5.41) is 10.6. The number of benzene rings is 1. The van der Waals surface area contributed by atoms with Gasteiger partial charge in [0.15, 0.2) is 0 Å². The molecule has 0 fully saturated rings. The molecule has 18 heavy (non-hydrogen) atoms. The van der Waals surface area contributed by atoms with Crippen molar-refractivity contribution in [1.82, 2.24) is 15.5 Å². The predicted molar refractivity (Wildman–Crippen MR) is 71.5 cm³/mol. The van der Waals surface area contributed by atoms with Crippen LogP contribution in [0.3, 0.4) is 0 Å². The number of aromatic amines is 1. The lowest BCUT2D eigenvalue weighted by Crippen LogP contribution is -2.33. The fourth-order valence-corrected chi connectivity index (χ4v) is 1.64. The van der Waals surface area contributed by atoms with Crippen molar-refractivity contribution in [2.45, 2.75) is 19.9 Å². The van der Waals surface area contributed by atoms with Gasteiger partial charge in [-0.15, -0.1) is 0 Å².